The topological polar surface area (TPSA) is 66.4 Å². The van der Waals surface area contributed by atoms with Crippen molar-refractivity contribution in [2.45, 2.75) is 39.2 Å². The van der Waals surface area contributed by atoms with E-state index >= 15 is 0 Å². The standard InChI is InChI=1S/C14H18BrNO3/c1-3-4-11(8-13(17)18)16-14(19)10-5-6-12(15)9(2)7-10/h5-7,11H,3-4,8H2,1-2H3,(H,16,19)(H,17,18). The van der Waals surface area contributed by atoms with Gasteiger partial charge < -0.3 is 10.4 Å². The number of benzene rings is 1. The Morgan fingerprint density at radius 1 is 1.42 bits per heavy atom. The molecule has 1 aromatic rings. The van der Waals surface area contributed by atoms with E-state index in [1.165, 1.54) is 0 Å². The van der Waals surface area contributed by atoms with E-state index in [4.69, 9.17) is 5.11 Å². The SMILES string of the molecule is CCCC(CC(=O)O)NC(=O)c1ccc(Br)c(C)c1. The summed E-state index contributed by atoms with van der Waals surface area (Å²) in [6.45, 7) is 3.87. The minimum atomic E-state index is -0.897. The van der Waals surface area contributed by atoms with Crippen LogP contribution in [0.2, 0.25) is 0 Å². The summed E-state index contributed by atoms with van der Waals surface area (Å²) in [5.41, 5.74) is 1.52. The van der Waals surface area contributed by atoms with Crippen molar-refractivity contribution in [2.75, 3.05) is 0 Å². The van der Waals surface area contributed by atoms with Crippen LogP contribution in [0, 0.1) is 6.92 Å². The molecule has 1 unspecified atom stereocenters. The first-order valence-corrected chi connectivity index (χ1v) is 7.02. The molecule has 1 amide bonds. The van der Waals surface area contributed by atoms with Crippen molar-refractivity contribution in [2.24, 2.45) is 0 Å². The quantitative estimate of drug-likeness (QED) is 0.843. The normalized spacial score (nSPS) is 11.9. The number of hydrogen-bond acceptors (Lipinski definition) is 2. The second-order valence-electron chi connectivity index (χ2n) is 4.52. The predicted octanol–water partition coefficient (Wildman–Crippen LogP) is 3.13. The van der Waals surface area contributed by atoms with E-state index in [0.717, 1.165) is 16.5 Å². The zero-order valence-electron chi connectivity index (χ0n) is 11.1. The first-order valence-electron chi connectivity index (χ1n) is 6.22. The fourth-order valence-electron chi connectivity index (χ4n) is 1.84. The number of carboxylic acid groups (broad SMARTS) is 1. The Morgan fingerprint density at radius 3 is 2.63 bits per heavy atom. The molecule has 0 aromatic heterocycles. The molecule has 1 aromatic carbocycles. The number of carbonyl (C=O) groups excluding carboxylic acids is 1. The van der Waals surface area contributed by atoms with Gasteiger partial charge in [0, 0.05) is 16.1 Å². The van der Waals surface area contributed by atoms with Gasteiger partial charge in [0.1, 0.15) is 0 Å². The maximum absolute atomic E-state index is 12.1. The first-order chi connectivity index (χ1) is 8.93. The molecule has 0 fully saturated rings. The van der Waals surface area contributed by atoms with Gasteiger partial charge in [0.15, 0.2) is 0 Å². The minimum Gasteiger partial charge on any atom is -0.481 e. The van der Waals surface area contributed by atoms with E-state index in [-0.39, 0.29) is 18.4 Å². The summed E-state index contributed by atoms with van der Waals surface area (Å²) >= 11 is 3.38. The molecule has 1 atom stereocenters. The van der Waals surface area contributed by atoms with Gasteiger partial charge >= 0.3 is 5.97 Å². The summed E-state index contributed by atoms with van der Waals surface area (Å²) in [6.07, 6.45) is 1.44. The number of halogens is 1. The Hall–Kier alpha value is -1.36. The minimum absolute atomic E-state index is 0.0465. The average molecular weight is 328 g/mol. The monoisotopic (exact) mass is 327 g/mol. The Labute approximate surface area is 121 Å². The van der Waals surface area contributed by atoms with Crippen LogP contribution < -0.4 is 5.32 Å². The van der Waals surface area contributed by atoms with Crippen molar-refractivity contribution in [3.63, 3.8) is 0 Å². The fourth-order valence-corrected chi connectivity index (χ4v) is 2.09. The van der Waals surface area contributed by atoms with Crippen LogP contribution in [-0.2, 0) is 4.79 Å². The third-order valence-corrected chi connectivity index (χ3v) is 3.70. The van der Waals surface area contributed by atoms with E-state index in [1.54, 1.807) is 12.1 Å². The zero-order valence-corrected chi connectivity index (χ0v) is 12.7. The first kappa shape index (κ1) is 15.7. The third kappa shape index (κ3) is 5.03. The summed E-state index contributed by atoms with van der Waals surface area (Å²) in [5, 5.41) is 11.6. The highest BCUT2D eigenvalue weighted by atomic mass is 79.9. The summed E-state index contributed by atoms with van der Waals surface area (Å²) in [5.74, 6) is -1.12. The molecule has 104 valence electrons. The Bertz CT molecular complexity index is 474. The van der Waals surface area contributed by atoms with Crippen LogP contribution in [-0.4, -0.2) is 23.0 Å². The second kappa shape index (κ2) is 7.28. The van der Waals surface area contributed by atoms with E-state index in [0.29, 0.717) is 12.0 Å². The Morgan fingerprint density at radius 2 is 2.11 bits per heavy atom. The van der Waals surface area contributed by atoms with E-state index in [9.17, 15) is 9.59 Å². The van der Waals surface area contributed by atoms with Gasteiger partial charge in [0.05, 0.1) is 6.42 Å². The number of nitrogens with one attached hydrogen (secondary N) is 1. The number of amides is 1. The summed E-state index contributed by atoms with van der Waals surface area (Å²) in [7, 11) is 0. The lowest BCUT2D eigenvalue weighted by Gasteiger charge is -2.16. The van der Waals surface area contributed by atoms with Crippen LogP contribution >= 0.6 is 15.9 Å². The van der Waals surface area contributed by atoms with Gasteiger partial charge in [0.25, 0.3) is 5.91 Å². The molecule has 4 nitrogen and oxygen atoms in total. The molecule has 0 aliphatic heterocycles. The molecular formula is C14H18BrNO3. The maximum atomic E-state index is 12.1. The number of aryl methyl sites for hydroxylation is 1. The van der Waals surface area contributed by atoms with Crippen LogP contribution in [0.3, 0.4) is 0 Å². The van der Waals surface area contributed by atoms with Crippen molar-refractivity contribution >= 4 is 27.8 Å². The number of aliphatic carboxylic acids is 1. The lowest BCUT2D eigenvalue weighted by Crippen LogP contribution is -2.36. The average Bonchev–Trinajstić information content (AvgIpc) is 2.32. The van der Waals surface area contributed by atoms with Gasteiger partial charge in [-0.25, -0.2) is 0 Å². The second-order valence-corrected chi connectivity index (χ2v) is 5.38. The molecule has 5 heteroatoms. The molecule has 1 rings (SSSR count). The van der Waals surface area contributed by atoms with Crippen molar-refractivity contribution in [1.29, 1.82) is 0 Å². The Balaban J connectivity index is 2.75. The molecule has 0 spiro atoms. The lowest BCUT2D eigenvalue weighted by atomic mass is 10.1. The van der Waals surface area contributed by atoms with E-state index < -0.39 is 5.97 Å². The van der Waals surface area contributed by atoms with Gasteiger partial charge in [-0.2, -0.15) is 0 Å². The smallest absolute Gasteiger partial charge is 0.305 e. The van der Waals surface area contributed by atoms with Gasteiger partial charge in [-0.15, -0.1) is 0 Å². The molecule has 0 saturated heterocycles. The van der Waals surface area contributed by atoms with Crippen molar-refractivity contribution in [3.8, 4) is 0 Å². The van der Waals surface area contributed by atoms with Gasteiger partial charge in [-0.3, -0.25) is 9.59 Å². The van der Waals surface area contributed by atoms with Crippen LogP contribution in [0.1, 0.15) is 42.1 Å². The number of hydrogen-bond donors (Lipinski definition) is 2. The summed E-state index contributed by atoms with van der Waals surface area (Å²) < 4.78 is 0.944. The molecule has 0 saturated carbocycles. The van der Waals surface area contributed by atoms with Crippen LogP contribution in [0.5, 0.6) is 0 Å². The van der Waals surface area contributed by atoms with Crippen LogP contribution in [0.4, 0.5) is 0 Å². The number of carboxylic acids is 1. The van der Waals surface area contributed by atoms with Crippen molar-refractivity contribution in [3.05, 3.63) is 33.8 Å². The molecule has 0 aliphatic carbocycles. The highest BCUT2D eigenvalue weighted by Gasteiger charge is 2.16. The molecule has 19 heavy (non-hydrogen) atoms. The number of rotatable bonds is 6. The summed E-state index contributed by atoms with van der Waals surface area (Å²) in [4.78, 5) is 22.8. The fraction of sp³-hybridized carbons (Fsp3) is 0.429. The highest BCUT2D eigenvalue weighted by Crippen LogP contribution is 2.17. The van der Waals surface area contributed by atoms with E-state index in [2.05, 4.69) is 21.2 Å². The van der Waals surface area contributed by atoms with Crippen LogP contribution in [0.25, 0.3) is 0 Å². The molecule has 0 radical (unpaired) electrons. The zero-order chi connectivity index (χ0) is 14.4. The van der Waals surface area contributed by atoms with Crippen LogP contribution in [0.15, 0.2) is 22.7 Å². The maximum Gasteiger partial charge on any atom is 0.305 e. The van der Waals surface area contributed by atoms with Gasteiger partial charge in [-0.1, -0.05) is 29.3 Å². The summed E-state index contributed by atoms with van der Waals surface area (Å²) in [6, 6.07) is 4.99. The highest BCUT2D eigenvalue weighted by molar-refractivity contribution is 9.10. The molecular weight excluding hydrogens is 310 g/mol. The third-order valence-electron chi connectivity index (χ3n) is 2.81. The molecule has 2 N–H and O–H groups in total. The van der Waals surface area contributed by atoms with Crippen molar-refractivity contribution < 1.29 is 14.7 Å². The molecule has 0 aliphatic rings. The Kier molecular flexibility index (Phi) is 6.02. The van der Waals surface area contributed by atoms with E-state index in [1.807, 2.05) is 19.9 Å². The largest absolute Gasteiger partial charge is 0.481 e. The van der Waals surface area contributed by atoms with Gasteiger partial charge in [0.2, 0.25) is 0 Å². The molecule has 0 bridgehead atoms. The molecule has 0 heterocycles. The lowest BCUT2D eigenvalue weighted by molar-refractivity contribution is -0.137. The predicted molar refractivity (Wildman–Crippen MR) is 77.3 cm³/mol. The van der Waals surface area contributed by atoms with Crippen molar-refractivity contribution in [1.82, 2.24) is 5.32 Å². The van der Waals surface area contributed by atoms with Gasteiger partial charge in [-0.05, 0) is 37.1 Å². The number of carbonyl (C=O) groups is 2.